The molecule has 0 aliphatic heterocycles. The summed E-state index contributed by atoms with van der Waals surface area (Å²) in [4.78, 5) is 32.9. The first-order valence-corrected chi connectivity index (χ1v) is 8.28. The van der Waals surface area contributed by atoms with Gasteiger partial charge in [0.2, 0.25) is 5.91 Å². The minimum atomic E-state index is -0.818. The molecule has 1 amide bonds. The van der Waals surface area contributed by atoms with Crippen LogP contribution in [0.1, 0.15) is 31.4 Å². The lowest BCUT2D eigenvalue weighted by Gasteiger charge is -2.15. The fourth-order valence-corrected chi connectivity index (χ4v) is 2.27. The number of nitro groups is 1. The van der Waals surface area contributed by atoms with Gasteiger partial charge in [-0.25, -0.2) is 0 Å². The molecule has 0 saturated carbocycles. The molecule has 1 N–H and O–H groups in total. The molecule has 1 aromatic rings. The van der Waals surface area contributed by atoms with Crippen molar-refractivity contribution >= 4 is 18.1 Å². The van der Waals surface area contributed by atoms with E-state index in [1.807, 2.05) is 0 Å². The number of methoxy groups -OCH3 is 2. The van der Waals surface area contributed by atoms with Crippen LogP contribution in [0.3, 0.4) is 0 Å². The van der Waals surface area contributed by atoms with E-state index in [-0.39, 0.29) is 48.2 Å². The van der Waals surface area contributed by atoms with Crippen LogP contribution in [0, 0.1) is 10.1 Å². The van der Waals surface area contributed by atoms with Crippen molar-refractivity contribution in [2.75, 3.05) is 34.0 Å². The van der Waals surface area contributed by atoms with Crippen LogP contribution in [0.5, 0.6) is 11.5 Å². The zero-order valence-electron chi connectivity index (χ0n) is 15.6. The smallest absolute Gasteiger partial charge is 0.293 e. The molecule has 27 heavy (non-hydrogen) atoms. The third kappa shape index (κ3) is 7.10. The Hall–Kier alpha value is -2.88. The Labute approximate surface area is 156 Å². The molecule has 0 aromatic heterocycles. The number of hydrogen-bond donors (Lipinski definition) is 1. The first kappa shape index (κ1) is 22.2. The summed E-state index contributed by atoms with van der Waals surface area (Å²) >= 11 is 0. The van der Waals surface area contributed by atoms with Gasteiger partial charge >= 0.3 is 0 Å². The molecular weight excluding hydrogens is 360 g/mol. The van der Waals surface area contributed by atoms with Crippen molar-refractivity contribution in [3.8, 4) is 11.5 Å². The first-order valence-electron chi connectivity index (χ1n) is 8.28. The van der Waals surface area contributed by atoms with Crippen molar-refractivity contribution in [2.45, 2.75) is 25.9 Å². The van der Waals surface area contributed by atoms with Crippen molar-refractivity contribution in [3.05, 3.63) is 27.8 Å². The number of ether oxygens (including phenoxy) is 4. The van der Waals surface area contributed by atoms with Gasteiger partial charge in [-0.2, -0.15) is 0 Å². The van der Waals surface area contributed by atoms with Gasteiger partial charge in [-0.1, -0.05) is 0 Å². The molecule has 1 atom stereocenters. The number of nitrogens with one attached hydrogen (secondary N) is 1. The molecule has 0 fully saturated rings. The summed E-state index contributed by atoms with van der Waals surface area (Å²) in [5.74, 6) is 0.302. The molecule has 0 bridgehead atoms. The third-order valence-electron chi connectivity index (χ3n) is 3.64. The zero-order chi connectivity index (χ0) is 20.2. The number of hydrogen-bond acceptors (Lipinski definition) is 8. The number of carbonyl (C=O) groups excluding carboxylic acids is 2. The lowest BCUT2D eigenvalue weighted by Crippen LogP contribution is -2.27. The Morgan fingerprint density at radius 3 is 2.63 bits per heavy atom. The number of nitrogens with zero attached hydrogens (tertiary/aromatic N) is 1. The molecule has 1 rings (SSSR count). The average Bonchev–Trinajstić information content (AvgIpc) is 2.64. The van der Waals surface area contributed by atoms with Gasteiger partial charge in [0.05, 0.1) is 36.9 Å². The second-order valence-corrected chi connectivity index (χ2v) is 5.49. The first-order chi connectivity index (χ1) is 12.9. The van der Waals surface area contributed by atoms with Crippen molar-refractivity contribution in [3.63, 3.8) is 0 Å². The SMILES string of the molecule is COCCNC(=O)CCCOc1cc([N+](=O)[O-])c(C(C)OC=O)cc1OC. The summed E-state index contributed by atoms with van der Waals surface area (Å²) in [6, 6.07) is 2.62. The summed E-state index contributed by atoms with van der Waals surface area (Å²) in [5, 5.41) is 14.0. The van der Waals surface area contributed by atoms with Gasteiger partial charge in [-0.15, -0.1) is 0 Å². The molecule has 0 saturated heterocycles. The lowest BCUT2D eigenvalue weighted by molar-refractivity contribution is -0.386. The van der Waals surface area contributed by atoms with Crippen LogP contribution in [0.4, 0.5) is 5.69 Å². The predicted octanol–water partition coefficient (Wildman–Crippen LogP) is 1.76. The summed E-state index contributed by atoms with van der Waals surface area (Å²) in [5.41, 5.74) is -0.0636. The van der Waals surface area contributed by atoms with E-state index in [1.54, 1.807) is 7.11 Å². The van der Waals surface area contributed by atoms with Crippen LogP contribution in [-0.2, 0) is 19.1 Å². The maximum atomic E-state index is 11.6. The van der Waals surface area contributed by atoms with Crippen LogP contribution < -0.4 is 14.8 Å². The highest BCUT2D eigenvalue weighted by atomic mass is 16.6. The fraction of sp³-hybridized carbons (Fsp3) is 0.529. The van der Waals surface area contributed by atoms with E-state index < -0.39 is 11.0 Å². The van der Waals surface area contributed by atoms with E-state index in [1.165, 1.54) is 26.2 Å². The van der Waals surface area contributed by atoms with Crippen LogP contribution >= 0.6 is 0 Å². The number of nitro benzene ring substituents is 1. The van der Waals surface area contributed by atoms with E-state index in [9.17, 15) is 19.7 Å². The molecule has 0 aliphatic carbocycles. The Morgan fingerprint density at radius 2 is 2.04 bits per heavy atom. The molecule has 10 nitrogen and oxygen atoms in total. The molecule has 1 unspecified atom stereocenters. The third-order valence-corrected chi connectivity index (χ3v) is 3.64. The number of carbonyl (C=O) groups is 2. The number of amides is 1. The zero-order valence-corrected chi connectivity index (χ0v) is 15.6. The van der Waals surface area contributed by atoms with Crippen molar-refractivity contribution in [1.82, 2.24) is 5.32 Å². The van der Waals surface area contributed by atoms with Gasteiger partial charge in [0.1, 0.15) is 6.10 Å². The molecule has 0 aliphatic rings. The second kappa shape index (κ2) is 11.7. The van der Waals surface area contributed by atoms with Crippen molar-refractivity contribution in [1.29, 1.82) is 0 Å². The van der Waals surface area contributed by atoms with Crippen molar-refractivity contribution < 1.29 is 33.5 Å². The summed E-state index contributed by atoms with van der Waals surface area (Å²) < 4.78 is 20.4. The standard InChI is InChI=1S/C17H24N2O8/c1-12(27-11-20)13-9-15(25-3)16(10-14(13)19(22)23)26-7-4-5-17(21)18-6-8-24-2/h9-12H,4-8H2,1-3H3,(H,18,21). The van der Waals surface area contributed by atoms with Gasteiger partial charge in [0.15, 0.2) is 11.5 Å². The van der Waals surface area contributed by atoms with Gasteiger partial charge < -0.3 is 24.3 Å². The molecular formula is C17H24N2O8. The Balaban J connectivity index is 2.77. The molecule has 0 spiro atoms. The van der Waals surface area contributed by atoms with Gasteiger partial charge in [-0.05, 0) is 19.4 Å². The highest BCUT2D eigenvalue weighted by Crippen LogP contribution is 2.38. The molecule has 150 valence electrons. The fourth-order valence-electron chi connectivity index (χ4n) is 2.27. The molecule has 1 aromatic carbocycles. The lowest BCUT2D eigenvalue weighted by atomic mass is 10.1. The highest BCUT2D eigenvalue weighted by Gasteiger charge is 2.24. The van der Waals surface area contributed by atoms with E-state index in [0.717, 1.165) is 0 Å². The predicted molar refractivity (Wildman–Crippen MR) is 94.8 cm³/mol. The van der Waals surface area contributed by atoms with Gasteiger partial charge in [-0.3, -0.25) is 19.7 Å². The van der Waals surface area contributed by atoms with Gasteiger partial charge in [0, 0.05) is 20.1 Å². The largest absolute Gasteiger partial charge is 0.493 e. The molecule has 0 heterocycles. The maximum absolute atomic E-state index is 11.6. The summed E-state index contributed by atoms with van der Waals surface area (Å²) in [6.45, 7) is 2.77. The quantitative estimate of drug-likeness (QED) is 0.236. The Kier molecular flexibility index (Phi) is 9.59. The topological polar surface area (TPSA) is 126 Å². The number of rotatable bonds is 13. The normalized spacial score (nSPS) is 11.4. The van der Waals surface area contributed by atoms with Crippen LogP contribution in [0.25, 0.3) is 0 Å². The Bertz CT molecular complexity index is 650. The van der Waals surface area contributed by atoms with Crippen LogP contribution in [-0.4, -0.2) is 51.3 Å². The monoisotopic (exact) mass is 384 g/mol. The molecule has 10 heteroatoms. The van der Waals surface area contributed by atoms with Crippen LogP contribution in [0.2, 0.25) is 0 Å². The summed E-state index contributed by atoms with van der Waals surface area (Å²) in [6.07, 6.45) is -0.153. The summed E-state index contributed by atoms with van der Waals surface area (Å²) in [7, 11) is 2.94. The van der Waals surface area contributed by atoms with E-state index in [4.69, 9.17) is 18.9 Å². The Morgan fingerprint density at radius 1 is 1.30 bits per heavy atom. The molecule has 0 radical (unpaired) electrons. The van der Waals surface area contributed by atoms with E-state index in [2.05, 4.69) is 5.32 Å². The minimum absolute atomic E-state index is 0.135. The average molecular weight is 384 g/mol. The number of benzene rings is 1. The van der Waals surface area contributed by atoms with Crippen LogP contribution in [0.15, 0.2) is 12.1 Å². The highest BCUT2D eigenvalue weighted by molar-refractivity contribution is 5.75. The van der Waals surface area contributed by atoms with Gasteiger partial charge in [0.25, 0.3) is 12.2 Å². The second-order valence-electron chi connectivity index (χ2n) is 5.49. The van der Waals surface area contributed by atoms with E-state index >= 15 is 0 Å². The van der Waals surface area contributed by atoms with E-state index in [0.29, 0.717) is 19.6 Å². The van der Waals surface area contributed by atoms with Crippen molar-refractivity contribution in [2.24, 2.45) is 0 Å². The minimum Gasteiger partial charge on any atom is -0.493 e. The maximum Gasteiger partial charge on any atom is 0.293 e.